The third-order valence-electron chi connectivity index (χ3n) is 15.0. The van der Waals surface area contributed by atoms with Gasteiger partial charge in [-0.05, 0) is 70.6 Å². The highest BCUT2D eigenvalue weighted by Crippen LogP contribution is 2.23. The molecule has 1 saturated heterocycles. The van der Waals surface area contributed by atoms with Crippen molar-refractivity contribution in [2.24, 2.45) is 0 Å². The van der Waals surface area contributed by atoms with Gasteiger partial charge >= 0.3 is 0 Å². The number of hydrogen-bond donors (Lipinski definition) is 7. The summed E-state index contributed by atoms with van der Waals surface area (Å²) < 4.78 is 11.2. The van der Waals surface area contributed by atoms with E-state index in [1.807, 2.05) is 6.08 Å². The van der Waals surface area contributed by atoms with Crippen molar-refractivity contribution in [3.8, 4) is 0 Å². The predicted octanol–water partition coefficient (Wildman–Crippen LogP) is 15.0. The van der Waals surface area contributed by atoms with E-state index in [4.69, 9.17) is 9.47 Å². The predicted molar refractivity (Wildman–Crippen MR) is 310 cm³/mol. The Morgan fingerprint density at radius 3 is 1.18 bits per heavy atom. The minimum Gasteiger partial charge on any atom is -0.394 e. The lowest BCUT2D eigenvalue weighted by molar-refractivity contribution is -0.302. The van der Waals surface area contributed by atoms with Gasteiger partial charge in [0.15, 0.2) is 6.29 Å². The van der Waals surface area contributed by atoms with Crippen molar-refractivity contribution < 1.29 is 44.9 Å². The first-order valence-electron chi connectivity index (χ1n) is 31.5. The molecule has 0 spiro atoms. The van der Waals surface area contributed by atoms with Crippen molar-refractivity contribution in [1.82, 2.24) is 5.32 Å². The molecule has 0 saturated carbocycles. The molecule has 1 aliphatic heterocycles. The molecule has 1 fully saturated rings. The van der Waals surface area contributed by atoms with Gasteiger partial charge in [-0.2, -0.15) is 0 Å². The lowest BCUT2D eigenvalue weighted by Gasteiger charge is -2.40. The first kappa shape index (κ1) is 70.1. The summed E-state index contributed by atoms with van der Waals surface area (Å²) in [7, 11) is 0. The quantitative estimate of drug-likeness (QED) is 0.0232. The number of aliphatic hydroxyl groups excluding tert-OH is 6. The molecule has 1 heterocycles. The van der Waals surface area contributed by atoms with Crippen molar-refractivity contribution in [2.75, 3.05) is 13.2 Å². The summed E-state index contributed by atoms with van der Waals surface area (Å²) in [5.41, 5.74) is 0. The number of carbonyl (C=O) groups excluding carboxylic acids is 1. The van der Waals surface area contributed by atoms with Crippen molar-refractivity contribution in [3.05, 3.63) is 48.6 Å². The molecule has 8 unspecified atom stereocenters. The van der Waals surface area contributed by atoms with Crippen LogP contribution in [0.2, 0.25) is 0 Å². The lowest BCUT2D eigenvalue weighted by atomic mass is 9.99. The average Bonchev–Trinajstić information content (AvgIpc) is 3.40. The Balaban J connectivity index is 2.19. The normalized spacial score (nSPS) is 19.7. The number of hydrogen-bond acceptors (Lipinski definition) is 9. The van der Waals surface area contributed by atoms with Crippen molar-refractivity contribution in [3.63, 3.8) is 0 Å². The van der Waals surface area contributed by atoms with Crippen LogP contribution in [0, 0.1) is 0 Å². The molecular weight excluding hydrogens is 927 g/mol. The maximum absolute atomic E-state index is 13.1. The second kappa shape index (κ2) is 53.1. The van der Waals surface area contributed by atoms with Crippen LogP contribution in [0.3, 0.4) is 0 Å². The number of carbonyl (C=O) groups is 1. The van der Waals surface area contributed by atoms with Crippen molar-refractivity contribution in [1.29, 1.82) is 0 Å². The number of rotatable bonds is 54. The molecule has 1 aliphatic rings. The maximum Gasteiger partial charge on any atom is 0.249 e. The Labute approximate surface area is 455 Å². The zero-order valence-corrected chi connectivity index (χ0v) is 48.0. The molecule has 434 valence electrons. The molecule has 0 bridgehead atoms. The van der Waals surface area contributed by atoms with Crippen LogP contribution in [-0.2, 0) is 14.3 Å². The van der Waals surface area contributed by atoms with E-state index >= 15 is 0 Å². The van der Waals surface area contributed by atoms with Crippen LogP contribution in [0.25, 0.3) is 0 Å². The summed E-state index contributed by atoms with van der Waals surface area (Å²) >= 11 is 0. The number of aliphatic hydroxyl groups is 6. The van der Waals surface area contributed by atoms with E-state index in [0.717, 1.165) is 44.9 Å². The van der Waals surface area contributed by atoms with Crippen LogP contribution in [0.1, 0.15) is 290 Å². The molecule has 10 heteroatoms. The Bertz CT molecular complexity index is 1320. The molecule has 0 radical (unpaired) electrons. The highest BCUT2D eigenvalue weighted by Gasteiger charge is 2.44. The first-order valence-corrected chi connectivity index (χ1v) is 31.5. The molecule has 0 aromatic rings. The van der Waals surface area contributed by atoms with E-state index in [9.17, 15) is 35.4 Å². The summed E-state index contributed by atoms with van der Waals surface area (Å²) in [6, 6.07) is -1.00. The second-order valence-electron chi connectivity index (χ2n) is 22.0. The third-order valence-corrected chi connectivity index (χ3v) is 15.0. The van der Waals surface area contributed by atoms with Gasteiger partial charge in [0.25, 0.3) is 0 Å². The largest absolute Gasteiger partial charge is 0.394 e. The van der Waals surface area contributed by atoms with Gasteiger partial charge in [-0.15, -0.1) is 0 Å². The molecule has 1 rings (SSSR count). The molecule has 0 aromatic heterocycles. The fourth-order valence-corrected chi connectivity index (χ4v) is 9.90. The van der Waals surface area contributed by atoms with E-state index in [0.29, 0.717) is 19.3 Å². The minimum absolute atomic E-state index is 0.302. The highest BCUT2D eigenvalue weighted by atomic mass is 16.7. The van der Waals surface area contributed by atoms with Crippen LogP contribution in [0.5, 0.6) is 0 Å². The molecular formula is C64H119NO9. The van der Waals surface area contributed by atoms with E-state index in [-0.39, 0.29) is 6.61 Å². The van der Waals surface area contributed by atoms with Gasteiger partial charge in [-0.3, -0.25) is 4.79 Å². The Morgan fingerprint density at radius 2 is 0.797 bits per heavy atom. The van der Waals surface area contributed by atoms with Crippen LogP contribution < -0.4 is 5.32 Å². The SMILES string of the molecule is CCCCCCCCC/C=C/CC/C=C/CC/C=C/C(O)C(COC1OC(CO)C(O)C(O)C1O)NC(=O)C(O)CCCCCCCCCCCCCCCCCC/C=C\CCCCCCCCCCCCCC. The number of ether oxygens (including phenoxy) is 2. The third kappa shape index (κ3) is 41.2. The zero-order valence-electron chi connectivity index (χ0n) is 48.0. The molecule has 7 N–H and O–H groups in total. The zero-order chi connectivity index (χ0) is 53.8. The standard InChI is InChI=1S/C64H119NO9/c1-3-5-7-9-11-13-15-17-19-21-22-23-24-25-26-27-28-29-30-31-32-33-34-35-37-39-41-43-45-47-49-51-53-58(68)63(72)65-56(55-73-64-62(71)61(70)60(69)59(54-66)74-64)57(67)52-50-48-46-44-42-40-38-36-20-18-16-14-12-10-8-6-4-2/h20,25-26,36,42,44,50,52,56-62,64,66-71H,3-19,21-24,27-35,37-41,43,45-49,51,53-55H2,1-2H3,(H,65,72)/b26-25-,36-20+,44-42+,52-50+. The van der Waals surface area contributed by atoms with Crippen LogP contribution >= 0.6 is 0 Å². The number of amides is 1. The fourth-order valence-electron chi connectivity index (χ4n) is 9.90. The van der Waals surface area contributed by atoms with E-state index in [2.05, 4.69) is 55.6 Å². The van der Waals surface area contributed by atoms with E-state index < -0.39 is 61.5 Å². The average molecular weight is 1050 g/mol. The minimum atomic E-state index is -1.62. The topological polar surface area (TPSA) is 169 Å². The highest BCUT2D eigenvalue weighted by molar-refractivity contribution is 5.80. The maximum atomic E-state index is 13.1. The van der Waals surface area contributed by atoms with Gasteiger partial charge < -0.3 is 45.4 Å². The van der Waals surface area contributed by atoms with E-state index in [1.165, 1.54) is 212 Å². The van der Waals surface area contributed by atoms with Crippen molar-refractivity contribution >= 4 is 5.91 Å². The number of allylic oxidation sites excluding steroid dienone is 7. The van der Waals surface area contributed by atoms with E-state index in [1.54, 1.807) is 6.08 Å². The second-order valence-corrected chi connectivity index (χ2v) is 22.0. The van der Waals surface area contributed by atoms with Gasteiger partial charge in [0.1, 0.15) is 30.5 Å². The van der Waals surface area contributed by atoms with Gasteiger partial charge in [0, 0.05) is 0 Å². The summed E-state index contributed by atoms with van der Waals surface area (Å²) in [5.74, 6) is -0.627. The Hall–Kier alpha value is -1.89. The number of unbranched alkanes of at least 4 members (excludes halogenated alkanes) is 37. The van der Waals surface area contributed by atoms with Crippen LogP contribution in [0.15, 0.2) is 48.6 Å². The lowest BCUT2D eigenvalue weighted by Crippen LogP contribution is -2.60. The fraction of sp³-hybridized carbons (Fsp3) is 0.859. The van der Waals surface area contributed by atoms with Gasteiger partial charge in [0.05, 0.1) is 25.4 Å². The molecule has 10 nitrogen and oxygen atoms in total. The summed E-state index contributed by atoms with van der Waals surface area (Å²) in [6.07, 6.45) is 61.0. The first-order chi connectivity index (χ1) is 36.3. The smallest absolute Gasteiger partial charge is 0.249 e. The number of nitrogens with one attached hydrogen (secondary N) is 1. The summed E-state index contributed by atoms with van der Waals surface area (Å²) in [6.45, 7) is 3.61. The molecule has 0 aromatic carbocycles. The van der Waals surface area contributed by atoms with Gasteiger partial charge in [0.2, 0.25) is 5.91 Å². The van der Waals surface area contributed by atoms with Crippen molar-refractivity contribution in [2.45, 2.75) is 339 Å². The van der Waals surface area contributed by atoms with Gasteiger partial charge in [-0.1, -0.05) is 268 Å². The summed E-state index contributed by atoms with van der Waals surface area (Å²) in [4.78, 5) is 13.1. The Morgan fingerprint density at radius 1 is 0.459 bits per heavy atom. The monoisotopic (exact) mass is 1050 g/mol. The summed E-state index contributed by atoms with van der Waals surface area (Å²) in [5, 5.41) is 65.1. The molecule has 74 heavy (non-hydrogen) atoms. The van der Waals surface area contributed by atoms with Crippen LogP contribution in [0.4, 0.5) is 0 Å². The molecule has 8 atom stereocenters. The molecule has 0 aliphatic carbocycles. The van der Waals surface area contributed by atoms with Gasteiger partial charge in [-0.25, -0.2) is 0 Å². The van der Waals surface area contributed by atoms with Crippen LogP contribution in [-0.4, -0.2) is 98.7 Å². The molecule has 1 amide bonds. The Kier molecular flexibility index (Phi) is 50.3.